The summed E-state index contributed by atoms with van der Waals surface area (Å²) < 4.78 is 5.82. The molecule has 0 bridgehead atoms. The standard InChI is InChI=1S/C17H31NO2/c1-14-6-8-17(9-7-14)20-13-16(19)12-18-11-10-15-4-2-3-5-15/h4,14,16-19H,2-3,5-13H2,1H3. The van der Waals surface area contributed by atoms with Crippen molar-refractivity contribution in [2.24, 2.45) is 5.92 Å². The van der Waals surface area contributed by atoms with Crippen LogP contribution in [0.15, 0.2) is 11.6 Å². The Morgan fingerprint density at radius 1 is 1.35 bits per heavy atom. The molecule has 2 rings (SSSR count). The summed E-state index contributed by atoms with van der Waals surface area (Å²) in [5.74, 6) is 0.853. The van der Waals surface area contributed by atoms with E-state index in [1.807, 2.05) is 0 Å². The second kappa shape index (κ2) is 8.81. The van der Waals surface area contributed by atoms with E-state index in [9.17, 15) is 5.11 Å². The minimum absolute atomic E-state index is 0.369. The van der Waals surface area contributed by atoms with E-state index >= 15 is 0 Å². The van der Waals surface area contributed by atoms with Crippen LogP contribution in [0.3, 0.4) is 0 Å². The first kappa shape index (κ1) is 16.0. The van der Waals surface area contributed by atoms with Crippen LogP contribution in [0.2, 0.25) is 0 Å². The van der Waals surface area contributed by atoms with E-state index in [1.165, 1.54) is 32.1 Å². The third-order valence-corrected chi connectivity index (χ3v) is 4.63. The van der Waals surface area contributed by atoms with E-state index in [4.69, 9.17) is 4.74 Å². The summed E-state index contributed by atoms with van der Waals surface area (Å²) >= 11 is 0. The quantitative estimate of drug-likeness (QED) is 0.531. The molecule has 1 atom stereocenters. The van der Waals surface area contributed by atoms with Crippen molar-refractivity contribution in [2.45, 2.75) is 70.5 Å². The van der Waals surface area contributed by atoms with Gasteiger partial charge in [-0.05, 0) is 63.8 Å². The lowest BCUT2D eigenvalue weighted by Gasteiger charge is -2.27. The first-order chi connectivity index (χ1) is 9.74. The van der Waals surface area contributed by atoms with Crippen LogP contribution in [-0.4, -0.2) is 37.0 Å². The van der Waals surface area contributed by atoms with Crippen LogP contribution in [0, 0.1) is 5.92 Å². The van der Waals surface area contributed by atoms with Gasteiger partial charge in [0.25, 0.3) is 0 Å². The Labute approximate surface area is 123 Å². The van der Waals surface area contributed by atoms with Crippen LogP contribution in [0.1, 0.15) is 58.3 Å². The molecule has 1 saturated carbocycles. The van der Waals surface area contributed by atoms with Crippen molar-refractivity contribution < 1.29 is 9.84 Å². The molecule has 20 heavy (non-hydrogen) atoms. The zero-order valence-corrected chi connectivity index (χ0v) is 12.9. The van der Waals surface area contributed by atoms with Crippen molar-refractivity contribution in [2.75, 3.05) is 19.7 Å². The van der Waals surface area contributed by atoms with Gasteiger partial charge in [0.15, 0.2) is 0 Å². The zero-order chi connectivity index (χ0) is 14.2. The molecule has 2 N–H and O–H groups in total. The summed E-state index contributed by atoms with van der Waals surface area (Å²) in [6.45, 7) is 4.42. The predicted octanol–water partition coefficient (Wildman–Crippen LogP) is 3.03. The monoisotopic (exact) mass is 281 g/mol. The predicted molar refractivity (Wildman–Crippen MR) is 82.8 cm³/mol. The highest BCUT2D eigenvalue weighted by Gasteiger charge is 2.19. The fraction of sp³-hybridized carbons (Fsp3) is 0.882. The number of aliphatic hydroxyl groups excluding tert-OH is 1. The van der Waals surface area contributed by atoms with Crippen molar-refractivity contribution in [3.05, 3.63) is 11.6 Å². The van der Waals surface area contributed by atoms with Gasteiger partial charge in [-0.3, -0.25) is 0 Å². The summed E-state index contributed by atoms with van der Waals surface area (Å²) in [6.07, 6.45) is 12.2. The maximum atomic E-state index is 9.92. The number of allylic oxidation sites excluding steroid dienone is 1. The highest BCUT2D eigenvalue weighted by atomic mass is 16.5. The Hall–Kier alpha value is -0.380. The molecule has 0 saturated heterocycles. The van der Waals surface area contributed by atoms with Crippen molar-refractivity contribution >= 4 is 0 Å². The molecule has 0 aliphatic heterocycles. The number of nitrogens with one attached hydrogen (secondary N) is 1. The Kier molecular flexibility index (Phi) is 7.05. The van der Waals surface area contributed by atoms with Gasteiger partial charge < -0.3 is 15.2 Å². The summed E-state index contributed by atoms with van der Waals surface area (Å²) in [6, 6.07) is 0. The molecule has 0 aromatic rings. The third kappa shape index (κ3) is 5.94. The molecule has 0 aromatic heterocycles. The number of aliphatic hydroxyl groups is 1. The lowest BCUT2D eigenvalue weighted by molar-refractivity contribution is -0.0277. The van der Waals surface area contributed by atoms with E-state index in [1.54, 1.807) is 5.57 Å². The minimum Gasteiger partial charge on any atom is -0.389 e. The maximum absolute atomic E-state index is 9.92. The van der Waals surface area contributed by atoms with Gasteiger partial charge >= 0.3 is 0 Å². The van der Waals surface area contributed by atoms with Crippen molar-refractivity contribution in [3.63, 3.8) is 0 Å². The Morgan fingerprint density at radius 2 is 2.15 bits per heavy atom. The summed E-state index contributed by atoms with van der Waals surface area (Å²) in [5, 5.41) is 13.3. The van der Waals surface area contributed by atoms with Gasteiger partial charge in [-0.25, -0.2) is 0 Å². The van der Waals surface area contributed by atoms with E-state index in [2.05, 4.69) is 18.3 Å². The second-order valence-corrected chi connectivity index (χ2v) is 6.58. The minimum atomic E-state index is -0.369. The third-order valence-electron chi connectivity index (χ3n) is 4.63. The smallest absolute Gasteiger partial charge is 0.0897 e. The molecule has 3 nitrogen and oxygen atoms in total. The highest BCUT2D eigenvalue weighted by molar-refractivity contribution is 5.07. The number of hydrogen-bond donors (Lipinski definition) is 2. The molecule has 1 fully saturated rings. The van der Waals surface area contributed by atoms with Crippen LogP contribution in [0.4, 0.5) is 0 Å². The van der Waals surface area contributed by atoms with E-state index in [0.717, 1.165) is 31.7 Å². The highest BCUT2D eigenvalue weighted by Crippen LogP contribution is 2.25. The number of hydrogen-bond acceptors (Lipinski definition) is 3. The van der Waals surface area contributed by atoms with Gasteiger partial charge in [0.1, 0.15) is 0 Å². The normalized spacial score (nSPS) is 28.4. The first-order valence-corrected chi connectivity index (χ1v) is 8.42. The maximum Gasteiger partial charge on any atom is 0.0897 e. The molecular formula is C17H31NO2. The van der Waals surface area contributed by atoms with Crippen LogP contribution in [0.25, 0.3) is 0 Å². The van der Waals surface area contributed by atoms with Gasteiger partial charge in [-0.15, -0.1) is 0 Å². The van der Waals surface area contributed by atoms with E-state index in [-0.39, 0.29) is 6.10 Å². The zero-order valence-electron chi connectivity index (χ0n) is 12.9. The molecule has 0 heterocycles. The number of ether oxygens (including phenoxy) is 1. The molecule has 2 aliphatic rings. The molecule has 2 aliphatic carbocycles. The Morgan fingerprint density at radius 3 is 2.85 bits per heavy atom. The van der Waals surface area contributed by atoms with Gasteiger partial charge in [0.2, 0.25) is 0 Å². The van der Waals surface area contributed by atoms with Gasteiger partial charge in [0.05, 0.1) is 18.8 Å². The Balaban J connectivity index is 1.46. The SMILES string of the molecule is CC1CCC(OCC(O)CNCCC2=CCCC2)CC1. The fourth-order valence-electron chi connectivity index (χ4n) is 3.18. The fourth-order valence-corrected chi connectivity index (χ4v) is 3.18. The summed E-state index contributed by atoms with van der Waals surface area (Å²) in [4.78, 5) is 0. The lowest BCUT2D eigenvalue weighted by atomic mass is 9.89. The number of rotatable bonds is 8. The van der Waals surface area contributed by atoms with Gasteiger partial charge in [-0.2, -0.15) is 0 Å². The van der Waals surface area contributed by atoms with E-state index < -0.39 is 0 Å². The van der Waals surface area contributed by atoms with Crippen molar-refractivity contribution in [3.8, 4) is 0 Å². The van der Waals surface area contributed by atoms with Gasteiger partial charge in [-0.1, -0.05) is 18.6 Å². The van der Waals surface area contributed by atoms with Crippen LogP contribution in [0.5, 0.6) is 0 Å². The lowest BCUT2D eigenvalue weighted by Crippen LogP contribution is -2.33. The molecule has 0 amide bonds. The molecule has 0 aromatic carbocycles. The topological polar surface area (TPSA) is 41.5 Å². The molecular weight excluding hydrogens is 250 g/mol. The van der Waals surface area contributed by atoms with E-state index in [0.29, 0.717) is 19.3 Å². The summed E-state index contributed by atoms with van der Waals surface area (Å²) in [7, 11) is 0. The first-order valence-electron chi connectivity index (χ1n) is 8.42. The van der Waals surface area contributed by atoms with Gasteiger partial charge in [0, 0.05) is 6.54 Å². The van der Waals surface area contributed by atoms with Crippen LogP contribution >= 0.6 is 0 Å². The van der Waals surface area contributed by atoms with Crippen LogP contribution < -0.4 is 5.32 Å². The van der Waals surface area contributed by atoms with Crippen molar-refractivity contribution in [1.82, 2.24) is 5.32 Å². The second-order valence-electron chi connectivity index (χ2n) is 6.58. The summed E-state index contributed by atoms with van der Waals surface area (Å²) in [5.41, 5.74) is 1.58. The molecule has 116 valence electrons. The van der Waals surface area contributed by atoms with Crippen LogP contribution in [-0.2, 0) is 4.74 Å². The Bertz CT molecular complexity index is 295. The largest absolute Gasteiger partial charge is 0.389 e. The average molecular weight is 281 g/mol. The molecule has 3 heteroatoms. The average Bonchev–Trinajstić information content (AvgIpc) is 2.96. The molecule has 0 spiro atoms. The molecule has 1 unspecified atom stereocenters. The van der Waals surface area contributed by atoms with Crippen molar-refractivity contribution in [1.29, 1.82) is 0 Å². The molecule has 0 radical (unpaired) electrons.